The van der Waals surface area contributed by atoms with Crippen molar-refractivity contribution >= 4 is 0 Å². The summed E-state index contributed by atoms with van der Waals surface area (Å²) in [5.74, 6) is 0. The Kier molecular flexibility index (Phi) is 28.7. The zero-order valence-corrected chi connectivity index (χ0v) is 11.2. The largest absolute Gasteiger partial charge is 2.00 e. The normalized spacial score (nSPS) is 6.32. The molecule has 2 heterocycles. The molecule has 2 aromatic heterocycles. The average molecular weight is 359 g/mol. The standard InChI is InChI=1S/2C5H5N.2HNO2.Pd/c2*1-2-4-6-5-3-1;2*2-1-3;/h2*1-5H;2*(H,2,3);/q;;;;+2. The van der Waals surface area contributed by atoms with Gasteiger partial charge in [-0.05, 0) is 0 Å². The van der Waals surface area contributed by atoms with E-state index < -0.39 is 0 Å². The van der Waals surface area contributed by atoms with Gasteiger partial charge < -0.3 is 20.2 Å². The number of rotatable bonds is 0. The number of nitrogens with one attached hydrogen (secondary N) is 2. The SMILES string of the molecule is O=N[O-].O=N[O-].[Pd+2].c1cc[nH+]cc1.c1cc[nH+]cc1. The van der Waals surface area contributed by atoms with E-state index in [2.05, 4.69) is 9.97 Å². The van der Waals surface area contributed by atoms with Crippen LogP contribution in [0.1, 0.15) is 0 Å². The van der Waals surface area contributed by atoms with Crippen LogP contribution in [0.3, 0.4) is 0 Å². The average Bonchev–Trinajstić information content (AvgIpc) is 2.45. The molecule has 104 valence electrons. The van der Waals surface area contributed by atoms with Crippen LogP contribution in [-0.4, -0.2) is 0 Å². The van der Waals surface area contributed by atoms with E-state index in [4.69, 9.17) is 20.2 Å². The molecule has 2 N–H and O–H groups in total. The second kappa shape index (κ2) is 24.8. The van der Waals surface area contributed by atoms with Crippen molar-refractivity contribution in [3.05, 3.63) is 81.4 Å². The predicted octanol–water partition coefficient (Wildman–Crippen LogP) is 1.50. The Balaban J connectivity index is -0.000000188. The first kappa shape index (κ1) is 22.0. The minimum atomic E-state index is 0. The number of hydrogen-bond donors (Lipinski definition) is 0. The van der Waals surface area contributed by atoms with Gasteiger partial charge >= 0.3 is 20.4 Å². The fourth-order valence-corrected chi connectivity index (χ4v) is 0.684. The molecule has 0 spiro atoms. The number of aromatic amines is 2. The molecular formula is C10H12N4O4Pd+2. The van der Waals surface area contributed by atoms with Crippen LogP contribution in [0, 0.1) is 20.2 Å². The van der Waals surface area contributed by atoms with Crippen molar-refractivity contribution in [3.63, 3.8) is 0 Å². The summed E-state index contributed by atoms with van der Waals surface area (Å²) in [6.45, 7) is 0. The van der Waals surface area contributed by atoms with E-state index in [0.29, 0.717) is 0 Å². The molecule has 2 aromatic rings. The van der Waals surface area contributed by atoms with Crippen LogP contribution in [0.4, 0.5) is 0 Å². The molecule has 0 unspecified atom stereocenters. The Morgan fingerprint density at radius 1 is 0.632 bits per heavy atom. The third kappa shape index (κ3) is 31.3. The molecule has 0 saturated heterocycles. The third-order valence-corrected chi connectivity index (χ3v) is 1.21. The maximum absolute atomic E-state index is 8.00. The summed E-state index contributed by atoms with van der Waals surface area (Å²) < 4.78 is 0. The van der Waals surface area contributed by atoms with Crippen molar-refractivity contribution < 1.29 is 30.4 Å². The van der Waals surface area contributed by atoms with Crippen molar-refractivity contribution in [2.75, 3.05) is 0 Å². The van der Waals surface area contributed by atoms with E-state index in [9.17, 15) is 0 Å². The molecule has 0 bridgehead atoms. The molecule has 19 heavy (non-hydrogen) atoms. The van der Waals surface area contributed by atoms with Crippen molar-refractivity contribution in [2.45, 2.75) is 0 Å². The molecule has 0 aliphatic heterocycles. The van der Waals surface area contributed by atoms with E-state index in [1.165, 1.54) is 0 Å². The van der Waals surface area contributed by atoms with Gasteiger partial charge in [0.05, 0.1) is 0 Å². The fourth-order valence-electron chi connectivity index (χ4n) is 0.684. The Bertz CT molecular complexity index is 276. The zero-order chi connectivity index (χ0) is 13.9. The van der Waals surface area contributed by atoms with Gasteiger partial charge in [-0.2, -0.15) is 0 Å². The quantitative estimate of drug-likeness (QED) is 0.400. The van der Waals surface area contributed by atoms with Crippen molar-refractivity contribution in [1.29, 1.82) is 0 Å². The van der Waals surface area contributed by atoms with Crippen LogP contribution in [0.25, 0.3) is 0 Å². The Morgan fingerprint density at radius 3 is 0.895 bits per heavy atom. The van der Waals surface area contributed by atoms with E-state index in [1.807, 2.05) is 61.2 Å². The maximum Gasteiger partial charge on any atom is 2.00 e. The van der Waals surface area contributed by atoms with Crippen molar-refractivity contribution in [1.82, 2.24) is 0 Å². The van der Waals surface area contributed by atoms with Crippen molar-refractivity contribution in [3.8, 4) is 0 Å². The van der Waals surface area contributed by atoms with Gasteiger partial charge in [-0.15, -0.1) is 10.7 Å². The molecule has 0 fully saturated rings. The van der Waals surface area contributed by atoms with Gasteiger partial charge in [-0.3, -0.25) is 0 Å². The Labute approximate surface area is 123 Å². The zero-order valence-electron chi connectivity index (χ0n) is 9.62. The van der Waals surface area contributed by atoms with Gasteiger partial charge in [0.1, 0.15) is 0 Å². The first-order chi connectivity index (χ1) is 8.83. The molecule has 0 atom stereocenters. The monoisotopic (exact) mass is 358 g/mol. The topological polar surface area (TPSA) is 133 Å². The second-order valence-corrected chi connectivity index (χ2v) is 2.30. The van der Waals surface area contributed by atoms with Crippen LogP contribution in [-0.2, 0) is 20.4 Å². The maximum atomic E-state index is 8.00. The van der Waals surface area contributed by atoms with Crippen LogP contribution in [0.5, 0.6) is 0 Å². The second-order valence-electron chi connectivity index (χ2n) is 2.30. The minimum absolute atomic E-state index is 0. The van der Waals surface area contributed by atoms with Crippen molar-refractivity contribution in [2.24, 2.45) is 10.7 Å². The predicted molar refractivity (Wildman–Crippen MR) is 64.3 cm³/mol. The molecule has 8 nitrogen and oxygen atoms in total. The van der Waals surface area contributed by atoms with Gasteiger partial charge in [0.15, 0.2) is 24.8 Å². The summed E-state index contributed by atoms with van der Waals surface area (Å²) in [7, 11) is 0. The van der Waals surface area contributed by atoms with Gasteiger partial charge in [0, 0.05) is 24.3 Å². The molecule has 0 radical (unpaired) electrons. The molecule has 0 amide bonds. The molecule has 0 aliphatic rings. The molecule has 0 aromatic carbocycles. The van der Waals surface area contributed by atoms with Crippen LogP contribution in [0.15, 0.2) is 71.9 Å². The van der Waals surface area contributed by atoms with Gasteiger partial charge in [-0.25, -0.2) is 9.97 Å². The van der Waals surface area contributed by atoms with E-state index in [0.717, 1.165) is 10.7 Å². The summed E-state index contributed by atoms with van der Waals surface area (Å²) in [5.41, 5.74) is 0. The van der Waals surface area contributed by atoms with Crippen LogP contribution >= 0.6 is 0 Å². The number of H-pyrrole nitrogens is 2. The number of nitrogens with zero attached hydrogens (tertiary/aromatic N) is 2. The minimum Gasteiger partial charge on any atom is -0.444 e. The van der Waals surface area contributed by atoms with E-state index >= 15 is 0 Å². The summed E-state index contributed by atoms with van der Waals surface area (Å²) in [6, 6.07) is 11.7. The smallest absolute Gasteiger partial charge is 0.444 e. The fraction of sp³-hybridized carbons (Fsp3) is 0. The Hall–Kier alpha value is -2.24. The van der Waals surface area contributed by atoms with Gasteiger partial charge in [0.25, 0.3) is 0 Å². The summed E-state index contributed by atoms with van der Waals surface area (Å²) in [6.07, 6.45) is 7.50. The summed E-state index contributed by atoms with van der Waals surface area (Å²) in [4.78, 5) is 21.8. The summed E-state index contributed by atoms with van der Waals surface area (Å²) in [5, 5.41) is 18.0. The third-order valence-electron chi connectivity index (χ3n) is 1.21. The Morgan fingerprint density at radius 2 is 0.842 bits per heavy atom. The number of aromatic nitrogens is 2. The van der Waals surface area contributed by atoms with Crippen LogP contribution in [0.2, 0.25) is 0 Å². The number of hydrogen-bond acceptors (Lipinski definition) is 6. The first-order valence-corrected chi connectivity index (χ1v) is 4.55. The molecule has 0 saturated carbocycles. The van der Waals surface area contributed by atoms with E-state index in [-0.39, 0.29) is 20.4 Å². The summed E-state index contributed by atoms with van der Waals surface area (Å²) >= 11 is 0. The molecule has 0 aliphatic carbocycles. The van der Waals surface area contributed by atoms with Gasteiger partial charge in [0.2, 0.25) is 0 Å². The number of pyridine rings is 2. The molecule has 2 rings (SSSR count). The van der Waals surface area contributed by atoms with Gasteiger partial charge in [-0.1, -0.05) is 12.1 Å². The molecular weight excluding hydrogens is 347 g/mol. The first-order valence-electron chi connectivity index (χ1n) is 4.55. The van der Waals surface area contributed by atoms with E-state index in [1.54, 1.807) is 0 Å². The van der Waals surface area contributed by atoms with Crippen LogP contribution < -0.4 is 9.97 Å². The molecule has 9 heteroatoms.